The molecule has 0 saturated carbocycles. The van der Waals surface area contributed by atoms with E-state index < -0.39 is 23.2 Å². The molecule has 4 aromatic rings. The normalized spacial score (nSPS) is 16.6. The number of aliphatic hydroxyl groups is 1. The molecule has 13 heteroatoms. The lowest BCUT2D eigenvalue weighted by molar-refractivity contribution is 0.102. The fourth-order valence-corrected chi connectivity index (χ4v) is 5.02. The number of methoxy groups -OCH3 is 1. The average Bonchev–Trinajstić information content (AvgIpc) is 3.39. The number of pyridine rings is 1. The van der Waals surface area contributed by atoms with Gasteiger partial charge in [0.25, 0.3) is 5.91 Å². The molecule has 0 bridgehead atoms. The third kappa shape index (κ3) is 5.68. The molecule has 2 aromatic heterocycles. The summed E-state index contributed by atoms with van der Waals surface area (Å²) in [6.45, 7) is 0.274. The zero-order valence-corrected chi connectivity index (χ0v) is 22.5. The highest BCUT2D eigenvalue weighted by atomic mass is 19.1. The summed E-state index contributed by atoms with van der Waals surface area (Å²) in [5.41, 5.74) is 8.58. The van der Waals surface area contributed by atoms with Crippen molar-refractivity contribution in [2.75, 3.05) is 23.9 Å². The summed E-state index contributed by atoms with van der Waals surface area (Å²) in [7, 11) is 13.2. The number of carbonyl (C=O) groups is 1. The van der Waals surface area contributed by atoms with Crippen LogP contribution in [0, 0.1) is 17.1 Å². The first kappa shape index (κ1) is 28.7. The van der Waals surface area contributed by atoms with Crippen LogP contribution in [0.15, 0.2) is 67.1 Å². The second kappa shape index (κ2) is 11.6. The van der Waals surface area contributed by atoms with Crippen LogP contribution in [-0.2, 0) is 0 Å². The molecule has 0 unspecified atom stereocenters. The monoisotopic (exact) mass is 559 g/mol. The van der Waals surface area contributed by atoms with E-state index in [0.29, 0.717) is 28.1 Å². The molecule has 42 heavy (non-hydrogen) atoms. The molecule has 1 aliphatic rings. The minimum absolute atomic E-state index is 0.0172. The Balaban J connectivity index is 1.56. The van der Waals surface area contributed by atoms with E-state index in [-0.39, 0.29) is 41.8 Å². The van der Waals surface area contributed by atoms with Gasteiger partial charge in [-0.2, -0.15) is 5.26 Å². The van der Waals surface area contributed by atoms with Crippen molar-refractivity contribution in [2.45, 2.75) is 23.9 Å². The Morgan fingerprint density at radius 2 is 2.07 bits per heavy atom. The van der Waals surface area contributed by atoms with Gasteiger partial charge in [0.2, 0.25) is 0 Å². The van der Waals surface area contributed by atoms with Crippen LogP contribution in [0.2, 0.25) is 0 Å². The minimum atomic E-state index is -2.10. The standard InChI is InChI=1S/C29H24B2FN7O3/c1-42-24-4-2-3-20(32)26(24)27-36-10-8-22(37-27)28(40)38-21-6-5-16(19-14-35-9-7-17(19)13-33)11-23(21)39-15-18(34)12-25(39)29(30,31)41/h2-11,14,18,25,41H,12,15,34H2,1H3,(H,38,40)/t18-,25-/m0/s1. The summed E-state index contributed by atoms with van der Waals surface area (Å²) >= 11 is 0. The zero-order chi connectivity index (χ0) is 30.0. The molecule has 0 spiro atoms. The number of carbonyl (C=O) groups excluding carboxylic acids is 1. The SMILES string of the molecule is [B]C([B])(O)[C@@H]1C[C@H](N)CN1c1cc(-c2cnccc2C#N)ccc1NC(=O)c1ccnc(-c2c(F)cccc2OC)n1. The summed E-state index contributed by atoms with van der Waals surface area (Å²) in [5.74, 6) is -1.04. The van der Waals surface area contributed by atoms with Gasteiger partial charge in [-0.05, 0) is 48.4 Å². The van der Waals surface area contributed by atoms with Crippen LogP contribution in [0.1, 0.15) is 22.5 Å². The summed E-state index contributed by atoms with van der Waals surface area (Å²) in [5, 5.41) is 20.9. The van der Waals surface area contributed by atoms with E-state index in [9.17, 15) is 19.6 Å². The first-order chi connectivity index (χ1) is 20.1. The fraction of sp³-hybridized carbons (Fsp3) is 0.207. The van der Waals surface area contributed by atoms with Gasteiger partial charge in [0.15, 0.2) is 5.82 Å². The number of ether oxygens (including phenoxy) is 1. The molecular weight excluding hydrogens is 535 g/mol. The average molecular weight is 559 g/mol. The molecule has 1 amide bonds. The van der Waals surface area contributed by atoms with E-state index in [1.165, 1.54) is 37.7 Å². The van der Waals surface area contributed by atoms with Gasteiger partial charge in [-0.15, -0.1) is 0 Å². The molecule has 5 rings (SSSR count). The Morgan fingerprint density at radius 1 is 1.26 bits per heavy atom. The van der Waals surface area contributed by atoms with E-state index in [1.807, 2.05) is 0 Å². The smallest absolute Gasteiger partial charge is 0.274 e. The number of rotatable bonds is 7. The largest absolute Gasteiger partial charge is 0.496 e. The molecule has 10 nitrogen and oxygen atoms in total. The number of hydrogen-bond donors (Lipinski definition) is 3. The molecule has 4 radical (unpaired) electrons. The van der Waals surface area contributed by atoms with E-state index in [4.69, 9.17) is 26.2 Å². The summed E-state index contributed by atoms with van der Waals surface area (Å²) in [6.07, 6.45) is 4.71. The van der Waals surface area contributed by atoms with Gasteiger partial charge in [-0.3, -0.25) is 9.78 Å². The van der Waals surface area contributed by atoms with E-state index in [2.05, 4.69) is 26.3 Å². The van der Waals surface area contributed by atoms with Gasteiger partial charge in [0.05, 0.1) is 35.7 Å². The molecule has 3 heterocycles. The maximum absolute atomic E-state index is 14.7. The highest BCUT2D eigenvalue weighted by molar-refractivity contribution is 6.39. The number of aromatic nitrogens is 3. The molecule has 1 saturated heterocycles. The lowest BCUT2D eigenvalue weighted by atomic mass is 9.60. The van der Waals surface area contributed by atoms with Crippen LogP contribution in [0.25, 0.3) is 22.5 Å². The van der Waals surface area contributed by atoms with E-state index >= 15 is 0 Å². The second-order valence-corrected chi connectivity index (χ2v) is 9.85. The number of amides is 1. The topological polar surface area (TPSA) is 150 Å². The maximum atomic E-state index is 14.7. The van der Waals surface area contributed by atoms with Crippen molar-refractivity contribution in [3.8, 4) is 34.3 Å². The molecule has 1 fully saturated rings. The molecule has 1 aliphatic heterocycles. The zero-order valence-electron chi connectivity index (χ0n) is 22.5. The molecule has 4 N–H and O–H groups in total. The van der Waals surface area contributed by atoms with Crippen molar-refractivity contribution in [1.29, 1.82) is 5.26 Å². The lowest BCUT2D eigenvalue weighted by Gasteiger charge is -2.37. The summed E-state index contributed by atoms with van der Waals surface area (Å²) in [4.78, 5) is 27.8. The van der Waals surface area contributed by atoms with Gasteiger partial charge in [-0.1, -0.05) is 12.1 Å². The Bertz CT molecular complexity index is 1690. The highest BCUT2D eigenvalue weighted by Crippen LogP contribution is 2.38. The number of anilines is 2. The van der Waals surface area contributed by atoms with Crippen LogP contribution in [-0.4, -0.2) is 72.8 Å². The third-order valence-corrected chi connectivity index (χ3v) is 6.98. The first-order valence-corrected chi connectivity index (χ1v) is 12.9. The minimum Gasteiger partial charge on any atom is -0.496 e. The predicted molar refractivity (Wildman–Crippen MR) is 157 cm³/mol. The first-order valence-electron chi connectivity index (χ1n) is 12.9. The Labute approximate surface area is 244 Å². The van der Waals surface area contributed by atoms with Crippen molar-refractivity contribution in [1.82, 2.24) is 15.0 Å². The number of nitrogens with zero attached hydrogens (tertiary/aromatic N) is 5. The molecule has 206 valence electrons. The van der Waals surface area contributed by atoms with E-state index in [0.717, 1.165) is 0 Å². The number of nitrogens with one attached hydrogen (secondary N) is 1. The van der Waals surface area contributed by atoms with Crippen LogP contribution in [0.3, 0.4) is 0 Å². The Hall–Kier alpha value is -4.79. The number of nitriles is 1. The third-order valence-electron chi connectivity index (χ3n) is 6.98. The van der Waals surface area contributed by atoms with Crippen LogP contribution < -0.4 is 20.7 Å². The number of hydrogen-bond acceptors (Lipinski definition) is 9. The second-order valence-electron chi connectivity index (χ2n) is 9.85. The lowest BCUT2D eigenvalue weighted by Crippen LogP contribution is -2.51. The molecule has 0 aliphatic carbocycles. The Morgan fingerprint density at radius 3 is 2.81 bits per heavy atom. The summed E-state index contributed by atoms with van der Waals surface area (Å²) < 4.78 is 19.9. The van der Waals surface area contributed by atoms with E-state index in [1.54, 1.807) is 41.4 Å². The molecular formula is C29H24B2FN7O3. The predicted octanol–water partition coefficient (Wildman–Crippen LogP) is 2.37. The van der Waals surface area contributed by atoms with Crippen LogP contribution >= 0.6 is 0 Å². The van der Waals surface area contributed by atoms with Crippen molar-refractivity contribution in [3.05, 3.63) is 84.2 Å². The van der Waals surface area contributed by atoms with Gasteiger partial charge in [0.1, 0.15) is 33.0 Å². The van der Waals surface area contributed by atoms with Crippen LogP contribution in [0.5, 0.6) is 5.75 Å². The van der Waals surface area contributed by atoms with Crippen molar-refractivity contribution < 1.29 is 19.0 Å². The maximum Gasteiger partial charge on any atom is 0.274 e. The number of nitrogens with two attached hydrogens (primary N) is 1. The van der Waals surface area contributed by atoms with Gasteiger partial charge >= 0.3 is 0 Å². The van der Waals surface area contributed by atoms with Gasteiger partial charge in [0, 0.05) is 48.2 Å². The fourth-order valence-electron chi connectivity index (χ4n) is 5.02. The number of halogens is 1. The van der Waals surface area contributed by atoms with Crippen molar-refractivity contribution >= 4 is 33.0 Å². The van der Waals surface area contributed by atoms with Crippen LogP contribution in [0.4, 0.5) is 15.8 Å². The molecule has 2 aromatic carbocycles. The molecule has 2 atom stereocenters. The van der Waals surface area contributed by atoms with Crippen molar-refractivity contribution in [2.24, 2.45) is 5.73 Å². The summed E-state index contributed by atoms with van der Waals surface area (Å²) in [6, 6.07) is 13.4. The quantitative estimate of drug-likeness (QED) is 0.290. The Kier molecular flexibility index (Phi) is 7.93. The van der Waals surface area contributed by atoms with Gasteiger partial charge in [-0.25, -0.2) is 14.4 Å². The number of benzene rings is 2. The van der Waals surface area contributed by atoms with Crippen molar-refractivity contribution in [3.63, 3.8) is 0 Å². The highest BCUT2D eigenvalue weighted by Gasteiger charge is 2.39. The van der Waals surface area contributed by atoms with Gasteiger partial charge < -0.3 is 25.8 Å².